The third-order valence-electron chi connectivity index (χ3n) is 4.29. The topological polar surface area (TPSA) is 34.0 Å². The van der Waals surface area contributed by atoms with Gasteiger partial charge >= 0.3 is 0 Å². The second-order valence-corrected chi connectivity index (χ2v) is 6.67. The van der Waals surface area contributed by atoms with Crippen LogP contribution in [0.5, 0.6) is 0 Å². The molecule has 0 saturated carbocycles. The van der Waals surface area contributed by atoms with Crippen LogP contribution in [0.15, 0.2) is 48.5 Å². The minimum absolute atomic E-state index is 0.598. The lowest BCUT2D eigenvalue weighted by Gasteiger charge is -2.28. The molecule has 3 aromatic rings. The molecule has 2 heterocycles. The number of fused-ring (bicyclic) bond motifs is 1. The van der Waals surface area contributed by atoms with Crippen LogP contribution in [0.4, 0.5) is 0 Å². The Hall–Kier alpha value is -1.88. The third kappa shape index (κ3) is 2.93. The van der Waals surface area contributed by atoms with Crippen molar-refractivity contribution in [2.45, 2.75) is 19.6 Å². The Balaban J connectivity index is 1.55. The molecule has 0 bridgehead atoms. The molecule has 0 N–H and O–H groups in total. The first-order valence-corrected chi connectivity index (χ1v) is 8.61. The van der Waals surface area contributed by atoms with Crippen LogP contribution in [0.1, 0.15) is 11.4 Å². The minimum Gasteiger partial charge on any atom is -0.309 e. The minimum atomic E-state index is 0.598. The Kier molecular flexibility index (Phi) is 4.27. The molecule has 4 nitrogen and oxygen atoms in total. The van der Waals surface area contributed by atoms with E-state index in [2.05, 4.69) is 31.8 Å². The van der Waals surface area contributed by atoms with E-state index in [1.54, 1.807) is 0 Å². The molecule has 1 aromatic heterocycles. The summed E-state index contributed by atoms with van der Waals surface area (Å²) in [7, 11) is 0. The molecular weight excluding hydrogens is 343 g/mol. The van der Waals surface area contributed by atoms with Gasteiger partial charge in [-0.25, -0.2) is 0 Å². The summed E-state index contributed by atoms with van der Waals surface area (Å²) < 4.78 is 2.20. The van der Waals surface area contributed by atoms with Gasteiger partial charge in [-0.1, -0.05) is 65.7 Å². The molecule has 6 heteroatoms. The molecule has 0 spiro atoms. The average molecular weight is 359 g/mol. The summed E-state index contributed by atoms with van der Waals surface area (Å²) >= 11 is 12.4. The van der Waals surface area contributed by atoms with Crippen molar-refractivity contribution < 1.29 is 0 Å². The zero-order chi connectivity index (χ0) is 16.5. The van der Waals surface area contributed by atoms with Crippen LogP contribution in [-0.2, 0) is 19.6 Å². The van der Waals surface area contributed by atoms with Gasteiger partial charge < -0.3 is 4.57 Å². The lowest BCUT2D eigenvalue weighted by Crippen LogP contribution is -2.33. The quantitative estimate of drug-likeness (QED) is 0.701. The fourth-order valence-corrected chi connectivity index (χ4v) is 3.43. The van der Waals surface area contributed by atoms with Gasteiger partial charge in [0.2, 0.25) is 0 Å². The maximum absolute atomic E-state index is 6.31. The van der Waals surface area contributed by atoms with Gasteiger partial charge in [0.25, 0.3) is 0 Å². The fraction of sp³-hybridized carbons (Fsp3) is 0.222. The lowest BCUT2D eigenvalue weighted by atomic mass is 10.2. The molecule has 1 aliphatic rings. The summed E-state index contributed by atoms with van der Waals surface area (Å²) in [5.41, 5.74) is 2.14. The Labute approximate surface area is 150 Å². The molecule has 0 fully saturated rings. The first-order valence-electron chi connectivity index (χ1n) is 7.85. The Morgan fingerprint density at radius 1 is 0.917 bits per heavy atom. The number of nitrogens with zero attached hydrogens (tertiary/aromatic N) is 4. The predicted molar refractivity (Wildman–Crippen MR) is 96.0 cm³/mol. The summed E-state index contributed by atoms with van der Waals surface area (Å²) in [4.78, 5) is 2.32. The Bertz CT molecular complexity index is 861. The SMILES string of the molecule is Clc1cccc(CN2CCn3c(nnc3-c3ccccc3)C2)c1Cl. The molecule has 0 atom stereocenters. The smallest absolute Gasteiger partial charge is 0.164 e. The molecule has 0 amide bonds. The molecule has 1 aliphatic heterocycles. The van der Waals surface area contributed by atoms with Crippen molar-refractivity contribution >= 4 is 23.2 Å². The van der Waals surface area contributed by atoms with Gasteiger partial charge in [0.15, 0.2) is 5.82 Å². The number of aromatic nitrogens is 3. The fourth-order valence-electron chi connectivity index (χ4n) is 3.05. The van der Waals surface area contributed by atoms with Crippen molar-refractivity contribution in [3.05, 3.63) is 70.0 Å². The Morgan fingerprint density at radius 2 is 1.75 bits per heavy atom. The van der Waals surface area contributed by atoms with Crippen molar-refractivity contribution in [2.24, 2.45) is 0 Å². The zero-order valence-electron chi connectivity index (χ0n) is 13.0. The maximum Gasteiger partial charge on any atom is 0.164 e. The average Bonchev–Trinajstić information content (AvgIpc) is 3.03. The van der Waals surface area contributed by atoms with E-state index in [4.69, 9.17) is 23.2 Å². The summed E-state index contributed by atoms with van der Waals surface area (Å²) in [5.74, 6) is 1.92. The maximum atomic E-state index is 6.31. The number of hydrogen-bond acceptors (Lipinski definition) is 3. The normalized spacial score (nSPS) is 14.6. The van der Waals surface area contributed by atoms with E-state index in [-0.39, 0.29) is 0 Å². The van der Waals surface area contributed by atoms with E-state index in [1.165, 1.54) is 0 Å². The van der Waals surface area contributed by atoms with Crippen molar-refractivity contribution in [1.82, 2.24) is 19.7 Å². The molecule has 24 heavy (non-hydrogen) atoms. The van der Waals surface area contributed by atoms with Crippen LogP contribution in [-0.4, -0.2) is 26.2 Å². The van der Waals surface area contributed by atoms with Crippen molar-refractivity contribution in [3.63, 3.8) is 0 Å². The first kappa shape index (κ1) is 15.6. The lowest BCUT2D eigenvalue weighted by molar-refractivity contribution is 0.209. The van der Waals surface area contributed by atoms with Gasteiger partial charge in [0.05, 0.1) is 16.6 Å². The van der Waals surface area contributed by atoms with Crippen molar-refractivity contribution in [3.8, 4) is 11.4 Å². The van der Waals surface area contributed by atoms with E-state index in [1.807, 2.05) is 36.4 Å². The van der Waals surface area contributed by atoms with E-state index in [9.17, 15) is 0 Å². The highest BCUT2D eigenvalue weighted by Gasteiger charge is 2.22. The van der Waals surface area contributed by atoms with Gasteiger partial charge in [-0.05, 0) is 11.6 Å². The number of hydrogen-bond donors (Lipinski definition) is 0. The molecule has 4 rings (SSSR count). The van der Waals surface area contributed by atoms with Crippen LogP contribution in [0.25, 0.3) is 11.4 Å². The van der Waals surface area contributed by atoms with Crippen LogP contribution in [0.3, 0.4) is 0 Å². The highest BCUT2D eigenvalue weighted by molar-refractivity contribution is 6.42. The van der Waals surface area contributed by atoms with Crippen LogP contribution in [0, 0.1) is 0 Å². The van der Waals surface area contributed by atoms with Gasteiger partial charge in [-0.2, -0.15) is 0 Å². The third-order valence-corrected chi connectivity index (χ3v) is 5.15. The summed E-state index contributed by atoms with van der Waals surface area (Å²) in [6.07, 6.45) is 0. The second kappa shape index (κ2) is 6.55. The highest BCUT2D eigenvalue weighted by atomic mass is 35.5. The van der Waals surface area contributed by atoms with Gasteiger partial charge in [0, 0.05) is 25.2 Å². The highest BCUT2D eigenvalue weighted by Crippen LogP contribution is 2.28. The van der Waals surface area contributed by atoms with E-state index in [0.29, 0.717) is 10.0 Å². The summed E-state index contributed by atoms with van der Waals surface area (Å²) in [6.45, 7) is 3.30. The van der Waals surface area contributed by atoms with Gasteiger partial charge in [0.1, 0.15) is 5.82 Å². The summed E-state index contributed by atoms with van der Waals surface area (Å²) in [6, 6.07) is 15.9. The van der Waals surface area contributed by atoms with Gasteiger partial charge in [-0.3, -0.25) is 4.90 Å². The molecule has 122 valence electrons. The van der Waals surface area contributed by atoms with Gasteiger partial charge in [-0.15, -0.1) is 10.2 Å². The summed E-state index contributed by atoms with van der Waals surface area (Å²) in [5, 5.41) is 9.99. The van der Waals surface area contributed by atoms with Crippen LogP contribution < -0.4 is 0 Å². The standard InChI is InChI=1S/C18H16Cl2N4/c19-15-8-4-7-14(17(15)20)11-23-9-10-24-16(12-23)21-22-18(24)13-5-2-1-3-6-13/h1-8H,9-12H2. The largest absolute Gasteiger partial charge is 0.309 e. The van der Waals surface area contributed by atoms with E-state index >= 15 is 0 Å². The first-order chi connectivity index (χ1) is 11.7. The molecule has 0 saturated heterocycles. The molecule has 0 radical (unpaired) electrons. The number of benzene rings is 2. The second-order valence-electron chi connectivity index (χ2n) is 5.88. The van der Waals surface area contributed by atoms with E-state index in [0.717, 1.165) is 49.0 Å². The van der Waals surface area contributed by atoms with Crippen molar-refractivity contribution in [2.75, 3.05) is 6.54 Å². The monoisotopic (exact) mass is 358 g/mol. The molecular formula is C18H16Cl2N4. The molecule has 0 unspecified atom stereocenters. The zero-order valence-corrected chi connectivity index (χ0v) is 14.5. The number of halogens is 2. The van der Waals surface area contributed by atoms with Crippen LogP contribution in [0.2, 0.25) is 10.0 Å². The molecule has 2 aromatic carbocycles. The van der Waals surface area contributed by atoms with E-state index < -0.39 is 0 Å². The molecule has 0 aliphatic carbocycles. The predicted octanol–water partition coefficient (Wildman–Crippen LogP) is 4.27. The van der Waals surface area contributed by atoms with Crippen LogP contribution >= 0.6 is 23.2 Å². The Morgan fingerprint density at radius 3 is 2.58 bits per heavy atom. The number of rotatable bonds is 3. The van der Waals surface area contributed by atoms with Crippen molar-refractivity contribution in [1.29, 1.82) is 0 Å².